The number of aromatic nitrogens is 3. The second kappa shape index (κ2) is 13.4. The van der Waals surface area contributed by atoms with Gasteiger partial charge in [-0.15, -0.1) is 11.3 Å². The number of anilines is 1. The molecular weight excluding hydrogens is 720 g/mol. The molecule has 3 aliphatic heterocycles. The number of likely N-dealkylation sites (tertiary alicyclic amines) is 1. The molecule has 52 heavy (non-hydrogen) atoms. The molecule has 1 aromatic carbocycles. The molecule has 13 nitrogen and oxygen atoms in total. The zero-order valence-corrected chi connectivity index (χ0v) is 30.4. The molecule has 4 atom stereocenters. The fourth-order valence-electron chi connectivity index (χ4n) is 7.44. The molecule has 0 unspecified atom stereocenters. The minimum absolute atomic E-state index is 0.00429. The van der Waals surface area contributed by atoms with E-state index in [-0.39, 0.29) is 61.9 Å². The summed E-state index contributed by atoms with van der Waals surface area (Å²) in [5.41, 5.74) is -0.662. The Kier molecular flexibility index (Phi) is 9.25. The molecule has 274 valence electrons. The number of alkyl halides is 1. The molecule has 3 aliphatic rings. The number of pyridine rings is 1. The lowest BCUT2D eigenvalue weighted by Crippen LogP contribution is -2.43. The largest absolute Gasteiger partial charge is 0.471 e. The van der Waals surface area contributed by atoms with Crippen molar-refractivity contribution in [3.8, 4) is 29.2 Å². The summed E-state index contributed by atoms with van der Waals surface area (Å²) in [4.78, 5) is 41.6. The third-order valence-electron chi connectivity index (χ3n) is 9.82. The number of ether oxygens (including phenoxy) is 3. The van der Waals surface area contributed by atoms with E-state index in [0.717, 1.165) is 30.7 Å². The Morgan fingerprint density at radius 3 is 2.77 bits per heavy atom. The first-order valence-electron chi connectivity index (χ1n) is 16.9. The summed E-state index contributed by atoms with van der Waals surface area (Å²) in [6.07, 6.45) is 0.472. The summed E-state index contributed by atoms with van der Waals surface area (Å²) in [7, 11) is 0. The number of fused-ring (bicyclic) bond motifs is 3. The molecule has 0 saturated carbocycles. The lowest BCUT2D eigenvalue weighted by molar-refractivity contribution is 0.0636. The Bertz CT molecular complexity index is 2140. The topological polar surface area (TPSA) is 163 Å². The minimum Gasteiger partial charge on any atom is -0.471 e. The van der Waals surface area contributed by atoms with Crippen molar-refractivity contribution >= 4 is 61.1 Å². The molecule has 3 aromatic heterocycles. The maximum absolute atomic E-state index is 15.3. The predicted octanol–water partition coefficient (Wildman–Crippen LogP) is 7.39. The van der Waals surface area contributed by atoms with Crippen LogP contribution in [0.3, 0.4) is 0 Å². The fraction of sp³-hybridized carbons (Fsp3) is 0.486. The van der Waals surface area contributed by atoms with Gasteiger partial charge in [-0.1, -0.05) is 11.6 Å². The van der Waals surface area contributed by atoms with E-state index < -0.39 is 47.5 Å². The van der Waals surface area contributed by atoms with Crippen LogP contribution >= 0.6 is 22.9 Å². The second-order valence-electron chi connectivity index (χ2n) is 14.4. The first-order chi connectivity index (χ1) is 24.7. The van der Waals surface area contributed by atoms with Crippen LogP contribution in [0.15, 0.2) is 18.3 Å². The van der Waals surface area contributed by atoms with Crippen LogP contribution in [0.25, 0.3) is 32.2 Å². The normalized spacial score (nSPS) is 23.2. The van der Waals surface area contributed by atoms with Crippen molar-refractivity contribution in [2.75, 3.05) is 31.6 Å². The molecule has 0 aliphatic carbocycles. The summed E-state index contributed by atoms with van der Waals surface area (Å²) < 4.78 is 47.8. The Labute approximate surface area is 306 Å². The minimum atomic E-state index is -1.06. The molecule has 17 heteroatoms. The van der Waals surface area contributed by atoms with Gasteiger partial charge in [0.05, 0.1) is 37.9 Å². The van der Waals surface area contributed by atoms with Crippen LogP contribution in [0, 0.1) is 17.1 Å². The van der Waals surface area contributed by atoms with Crippen LogP contribution in [0.2, 0.25) is 5.02 Å². The van der Waals surface area contributed by atoms with E-state index in [2.05, 4.69) is 31.2 Å². The molecule has 7 rings (SSSR count). The van der Waals surface area contributed by atoms with Gasteiger partial charge in [0.15, 0.2) is 0 Å². The van der Waals surface area contributed by atoms with Crippen LogP contribution in [0.1, 0.15) is 58.9 Å². The third kappa shape index (κ3) is 6.50. The number of benzene rings is 1. The van der Waals surface area contributed by atoms with E-state index in [1.54, 1.807) is 27.7 Å². The molecule has 0 spiro atoms. The van der Waals surface area contributed by atoms with Crippen LogP contribution in [0.5, 0.6) is 11.9 Å². The molecule has 2 amide bonds. The van der Waals surface area contributed by atoms with Gasteiger partial charge in [-0.05, 0) is 59.2 Å². The number of carbonyl (C=O) groups excluding carboxylic acids is 1. The third-order valence-corrected chi connectivity index (χ3v) is 11.3. The maximum atomic E-state index is 15.3. The summed E-state index contributed by atoms with van der Waals surface area (Å²) in [5, 5.41) is 23.1. The van der Waals surface area contributed by atoms with Crippen molar-refractivity contribution in [2.45, 2.75) is 82.8 Å². The zero-order chi connectivity index (χ0) is 37.1. The number of hydrogen-bond acceptors (Lipinski definition) is 11. The van der Waals surface area contributed by atoms with E-state index in [4.69, 9.17) is 25.8 Å². The van der Waals surface area contributed by atoms with Gasteiger partial charge >= 0.3 is 18.2 Å². The van der Waals surface area contributed by atoms with Crippen molar-refractivity contribution in [1.82, 2.24) is 24.8 Å². The molecule has 4 aromatic rings. The first-order valence-corrected chi connectivity index (χ1v) is 18.1. The van der Waals surface area contributed by atoms with Crippen molar-refractivity contribution in [1.29, 1.82) is 5.26 Å². The fourth-order valence-corrected chi connectivity index (χ4v) is 8.81. The van der Waals surface area contributed by atoms with Crippen molar-refractivity contribution in [2.24, 2.45) is 0 Å². The Hall–Kier alpha value is -4.59. The van der Waals surface area contributed by atoms with Crippen molar-refractivity contribution in [3.05, 3.63) is 34.7 Å². The average Bonchev–Trinajstić information content (AvgIpc) is 3.81. The number of carbonyl (C=O) groups is 2. The number of halogens is 3. The zero-order valence-electron chi connectivity index (χ0n) is 28.8. The van der Waals surface area contributed by atoms with Crippen LogP contribution < -0.4 is 14.8 Å². The van der Waals surface area contributed by atoms with Gasteiger partial charge in [-0.25, -0.2) is 18.4 Å². The highest BCUT2D eigenvalue weighted by Gasteiger charge is 2.49. The van der Waals surface area contributed by atoms with E-state index in [9.17, 15) is 24.3 Å². The van der Waals surface area contributed by atoms with E-state index in [0.29, 0.717) is 30.3 Å². The number of hydrogen-bond donors (Lipinski definition) is 2. The van der Waals surface area contributed by atoms with Gasteiger partial charge in [0, 0.05) is 43.1 Å². The average molecular weight is 756 g/mol. The summed E-state index contributed by atoms with van der Waals surface area (Å²) in [5.74, 6) is -0.547. The van der Waals surface area contributed by atoms with Crippen molar-refractivity contribution in [3.63, 3.8) is 0 Å². The quantitative estimate of drug-likeness (QED) is 0.193. The lowest BCUT2D eigenvalue weighted by Gasteiger charge is -2.30. The number of thiophene rings is 1. The van der Waals surface area contributed by atoms with Crippen LogP contribution in [-0.4, -0.2) is 97.7 Å². The van der Waals surface area contributed by atoms with Crippen LogP contribution in [0.4, 0.5) is 23.4 Å². The highest BCUT2D eigenvalue weighted by Crippen LogP contribution is 2.45. The molecular formula is C35H36ClF2N7O6S. The SMILES string of the molecule is C[C@@H]1[C@H](Oc2nc(OC[C@@]34CCCN3C[C@H](F)C4)nc3c(Cl)c(-c4ccc(F)c5sc(NC(=O)OC(C)(C)C)c(C#N)c45)ncc23)CCN1C(=O)O. The summed E-state index contributed by atoms with van der Waals surface area (Å²) in [6, 6.07) is 4.18. The maximum Gasteiger partial charge on any atom is 0.412 e. The standard InChI is InChI=1S/C35H36ClF2N7O6S/c1-17-23(8-11-45(17)33(47)48)50-29-21-14-40-26(25(36)27(21)41-31(42-29)49-16-35-9-5-10-44(35)15-18(37)12-35)19-6-7-22(38)28-24(19)20(13-39)30(52-28)43-32(46)51-34(2,3)4/h6-7,14,17-18,23H,5,8-12,15-16H2,1-4H3,(H,43,46)(H,47,48)/t17-,18-,23-,35+/m1/s1. The highest BCUT2D eigenvalue weighted by atomic mass is 35.5. The smallest absolute Gasteiger partial charge is 0.412 e. The number of amides is 2. The van der Waals surface area contributed by atoms with E-state index in [1.807, 2.05) is 0 Å². The predicted molar refractivity (Wildman–Crippen MR) is 189 cm³/mol. The second-order valence-corrected chi connectivity index (χ2v) is 15.8. The highest BCUT2D eigenvalue weighted by molar-refractivity contribution is 7.23. The molecule has 2 N–H and O–H groups in total. The monoisotopic (exact) mass is 755 g/mol. The Morgan fingerprint density at radius 2 is 2.06 bits per heavy atom. The summed E-state index contributed by atoms with van der Waals surface area (Å²) in [6.45, 7) is 8.34. The van der Waals surface area contributed by atoms with E-state index >= 15 is 4.39 Å². The molecule has 3 fully saturated rings. The molecule has 0 bridgehead atoms. The van der Waals surface area contributed by atoms with E-state index in [1.165, 1.54) is 23.2 Å². The summed E-state index contributed by atoms with van der Waals surface area (Å²) >= 11 is 7.97. The lowest BCUT2D eigenvalue weighted by atomic mass is 9.95. The number of rotatable bonds is 7. The van der Waals surface area contributed by atoms with Gasteiger partial charge < -0.3 is 24.2 Å². The van der Waals surface area contributed by atoms with Gasteiger partial charge in [-0.3, -0.25) is 15.2 Å². The van der Waals surface area contributed by atoms with Gasteiger partial charge in [0.2, 0.25) is 5.88 Å². The van der Waals surface area contributed by atoms with Gasteiger partial charge in [0.25, 0.3) is 0 Å². The number of carboxylic acid groups (broad SMARTS) is 1. The Balaban J connectivity index is 1.32. The number of nitrogens with zero attached hydrogens (tertiary/aromatic N) is 6. The number of nitrogens with one attached hydrogen (secondary N) is 1. The molecule has 6 heterocycles. The van der Waals surface area contributed by atoms with Gasteiger partial charge in [-0.2, -0.15) is 15.2 Å². The molecule has 0 radical (unpaired) electrons. The Morgan fingerprint density at radius 1 is 1.27 bits per heavy atom. The van der Waals surface area contributed by atoms with Crippen molar-refractivity contribution < 1.29 is 37.7 Å². The van der Waals surface area contributed by atoms with Crippen LogP contribution in [-0.2, 0) is 4.74 Å². The molecule has 3 saturated heterocycles. The first kappa shape index (κ1) is 35.8. The van der Waals surface area contributed by atoms with Gasteiger partial charge in [0.1, 0.15) is 46.9 Å². The number of nitriles is 1.